The van der Waals surface area contributed by atoms with Gasteiger partial charge >= 0.3 is 0 Å². The number of hydrogen-bond acceptors (Lipinski definition) is 5. The molecule has 0 radical (unpaired) electrons. The van der Waals surface area contributed by atoms with E-state index in [1.807, 2.05) is 69.2 Å². The highest BCUT2D eigenvalue weighted by molar-refractivity contribution is 7.91. The summed E-state index contributed by atoms with van der Waals surface area (Å²) in [5, 5.41) is 0.857. The molecule has 0 saturated carbocycles. The predicted molar refractivity (Wildman–Crippen MR) is 126 cm³/mol. The molecule has 1 aliphatic heterocycles. The van der Waals surface area contributed by atoms with Crippen LogP contribution >= 0.6 is 0 Å². The second-order valence-electron chi connectivity index (χ2n) is 9.58. The summed E-state index contributed by atoms with van der Waals surface area (Å²) in [6.45, 7) is 11.8. The third kappa shape index (κ3) is 4.32. The Hall–Kier alpha value is -2.26. The zero-order valence-electron chi connectivity index (χ0n) is 19.4. The molecule has 3 aromatic rings. The Morgan fingerprint density at radius 2 is 1.81 bits per heavy atom. The first-order valence-electron chi connectivity index (χ1n) is 10.8. The largest absolute Gasteiger partial charge is 0.591 e. The van der Waals surface area contributed by atoms with E-state index in [0.717, 1.165) is 27.9 Å². The summed E-state index contributed by atoms with van der Waals surface area (Å²) in [5.41, 5.74) is 4.67. The van der Waals surface area contributed by atoms with Gasteiger partial charge in [-0.05, 0) is 59.2 Å². The smallest absolute Gasteiger partial charge is 0.251 e. The molecule has 0 bridgehead atoms. The number of alkyl halides is 2. The molecule has 32 heavy (non-hydrogen) atoms. The highest BCUT2D eigenvalue weighted by Gasteiger charge is 2.35. The first-order chi connectivity index (χ1) is 14.9. The summed E-state index contributed by atoms with van der Waals surface area (Å²) in [7, 11) is 0. The van der Waals surface area contributed by atoms with Crippen molar-refractivity contribution >= 4 is 39.6 Å². The molecular formula is C23H29F2N5OS. The molecule has 1 aliphatic rings. The summed E-state index contributed by atoms with van der Waals surface area (Å²) in [5.74, 6) is -2.04. The van der Waals surface area contributed by atoms with Crippen LogP contribution in [0.4, 0.5) is 14.7 Å². The van der Waals surface area contributed by atoms with Gasteiger partial charge in [-0.2, -0.15) is 0 Å². The molecule has 1 atom stereocenters. The Balaban J connectivity index is 1.93. The van der Waals surface area contributed by atoms with Gasteiger partial charge < -0.3 is 9.45 Å². The molecule has 6 nitrogen and oxygen atoms in total. The number of halogens is 2. The molecule has 172 valence electrons. The van der Waals surface area contributed by atoms with Crippen molar-refractivity contribution in [1.29, 1.82) is 0 Å². The Morgan fingerprint density at radius 3 is 2.44 bits per heavy atom. The molecule has 1 unspecified atom stereocenters. The van der Waals surface area contributed by atoms with Crippen LogP contribution in [0.15, 0.2) is 22.7 Å². The maximum Gasteiger partial charge on any atom is 0.251 e. The number of aromatic nitrogens is 3. The topological polar surface area (TPSA) is 68.9 Å². The van der Waals surface area contributed by atoms with Gasteiger partial charge in [-0.1, -0.05) is 4.40 Å². The molecule has 0 N–H and O–H groups in total. The Kier molecular flexibility index (Phi) is 5.69. The van der Waals surface area contributed by atoms with Crippen molar-refractivity contribution in [3.63, 3.8) is 0 Å². The Bertz CT molecular complexity index is 1200. The van der Waals surface area contributed by atoms with Gasteiger partial charge in [-0.15, -0.1) is 0 Å². The highest BCUT2D eigenvalue weighted by Crippen LogP contribution is 2.33. The lowest BCUT2D eigenvalue weighted by Crippen LogP contribution is -2.40. The summed E-state index contributed by atoms with van der Waals surface area (Å²) < 4.78 is 46.1. The standard InChI is InChI=1S/C23H29F2N5OS/c1-14-11-17(16(3)28-32(31)22(4,5)6)19-18(12-14)20-26-15(2)13-30(20)21(27-19)29-9-7-23(24,25)8-10-29/h11-13H,7-10H2,1-6H3. The lowest BCUT2D eigenvalue weighted by atomic mass is 10.0. The summed E-state index contributed by atoms with van der Waals surface area (Å²) in [4.78, 5) is 11.6. The van der Waals surface area contributed by atoms with Crippen LogP contribution in [0.2, 0.25) is 0 Å². The van der Waals surface area contributed by atoms with E-state index in [4.69, 9.17) is 9.97 Å². The molecule has 4 rings (SSSR count). The van der Waals surface area contributed by atoms with E-state index >= 15 is 0 Å². The number of benzene rings is 1. The van der Waals surface area contributed by atoms with Crippen molar-refractivity contribution in [2.75, 3.05) is 18.0 Å². The van der Waals surface area contributed by atoms with Crippen molar-refractivity contribution in [2.45, 2.75) is 65.1 Å². The lowest BCUT2D eigenvalue weighted by Gasteiger charge is -2.33. The molecule has 3 heterocycles. The minimum absolute atomic E-state index is 0.201. The van der Waals surface area contributed by atoms with Gasteiger partial charge in [0.25, 0.3) is 5.92 Å². The number of rotatable bonds is 3. The molecule has 0 spiro atoms. The van der Waals surface area contributed by atoms with E-state index in [9.17, 15) is 13.3 Å². The van der Waals surface area contributed by atoms with Gasteiger partial charge in [0, 0.05) is 43.1 Å². The fourth-order valence-corrected chi connectivity index (χ4v) is 4.53. The summed E-state index contributed by atoms with van der Waals surface area (Å²) >= 11 is -1.41. The maximum absolute atomic E-state index is 13.8. The van der Waals surface area contributed by atoms with Crippen LogP contribution < -0.4 is 4.90 Å². The first-order valence-corrected chi connectivity index (χ1v) is 11.9. The van der Waals surface area contributed by atoms with Gasteiger partial charge in [-0.25, -0.2) is 18.7 Å². The number of hydrogen-bond donors (Lipinski definition) is 0. The fraction of sp³-hybridized carbons (Fsp3) is 0.522. The molecular weight excluding hydrogens is 432 g/mol. The fourth-order valence-electron chi connectivity index (χ4n) is 3.91. The zero-order chi connectivity index (χ0) is 23.4. The average molecular weight is 462 g/mol. The van der Waals surface area contributed by atoms with E-state index in [0.29, 0.717) is 17.2 Å². The van der Waals surface area contributed by atoms with Crippen LogP contribution in [0, 0.1) is 13.8 Å². The van der Waals surface area contributed by atoms with Gasteiger partial charge in [0.1, 0.15) is 21.8 Å². The lowest BCUT2D eigenvalue weighted by molar-refractivity contribution is -0.0222. The number of imidazole rings is 1. The number of nitrogens with zero attached hydrogens (tertiary/aromatic N) is 5. The zero-order valence-corrected chi connectivity index (χ0v) is 20.2. The van der Waals surface area contributed by atoms with Crippen molar-refractivity contribution in [3.05, 3.63) is 35.2 Å². The second-order valence-corrected chi connectivity index (χ2v) is 11.5. The van der Waals surface area contributed by atoms with Crippen LogP contribution in [0.3, 0.4) is 0 Å². The third-order valence-electron chi connectivity index (χ3n) is 5.66. The van der Waals surface area contributed by atoms with Crippen LogP contribution in [-0.2, 0) is 11.4 Å². The van der Waals surface area contributed by atoms with Crippen LogP contribution in [0.1, 0.15) is 57.4 Å². The number of fused-ring (bicyclic) bond motifs is 3. The minimum Gasteiger partial charge on any atom is -0.591 e. The first kappa shape index (κ1) is 22.9. The monoisotopic (exact) mass is 461 g/mol. The van der Waals surface area contributed by atoms with Crippen LogP contribution in [0.5, 0.6) is 0 Å². The molecule has 0 amide bonds. The molecule has 9 heteroatoms. The molecule has 0 aliphatic carbocycles. The van der Waals surface area contributed by atoms with E-state index in [2.05, 4.69) is 4.40 Å². The van der Waals surface area contributed by atoms with Gasteiger partial charge in [0.15, 0.2) is 0 Å². The van der Waals surface area contributed by atoms with Crippen molar-refractivity contribution in [1.82, 2.24) is 14.4 Å². The molecule has 2 aromatic heterocycles. The SMILES string of the molecule is CC(=N[S+]([O-])C(C)(C)C)c1cc(C)cc2c1nc(N1CCC(F)(F)CC1)n1cc(C)nc21. The number of anilines is 1. The third-order valence-corrected chi connectivity index (χ3v) is 7.15. The van der Waals surface area contributed by atoms with Gasteiger partial charge in [-0.3, -0.25) is 4.40 Å². The predicted octanol–water partition coefficient (Wildman–Crippen LogP) is 5.01. The second kappa shape index (κ2) is 7.95. The summed E-state index contributed by atoms with van der Waals surface area (Å²) in [6.07, 6.45) is 1.49. The van der Waals surface area contributed by atoms with Crippen LogP contribution in [-0.4, -0.2) is 48.4 Å². The van der Waals surface area contributed by atoms with Gasteiger partial charge in [0.05, 0.1) is 16.9 Å². The molecule has 1 saturated heterocycles. The normalized spacial score (nSPS) is 18.5. The average Bonchev–Trinajstić information content (AvgIpc) is 3.08. The quantitative estimate of drug-likeness (QED) is 0.406. The van der Waals surface area contributed by atoms with E-state index in [1.165, 1.54) is 0 Å². The van der Waals surface area contributed by atoms with E-state index < -0.39 is 22.0 Å². The Labute approximate surface area is 190 Å². The molecule has 1 fully saturated rings. The number of aryl methyl sites for hydroxylation is 2. The van der Waals surface area contributed by atoms with E-state index in [1.54, 1.807) is 0 Å². The van der Waals surface area contributed by atoms with Crippen molar-refractivity contribution in [2.24, 2.45) is 4.40 Å². The summed E-state index contributed by atoms with van der Waals surface area (Å²) in [6, 6.07) is 4.00. The number of piperidine rings is 1. The van der Waals surface area contributed by atoms with E-state index in [-0.39, 0.29) is 25.9 Å². The molecule has 1 aromatic carbocycles. The van der Waals surface area contributed by atoms with Crippen LogP contribution in [0.25, 0.3) is 16.6 Å². The maximum atomic E-state index is 13.8. The van der Waals surface area contributed by atoms with Crippen molar-refractivity contribution < 1.29 is 13.3 Å². The Morgan fingerprint density at radius 1 is 1.16 bits per heavy atom. The van der Waals surface area contributed by atoms with Crippen molar-refractivity contribution in [3.8, 4) is 0 Å². The highest BCUT2D eigenvalue weighted by atomic mass is 32.2. The van der Waals surface area contributed by atoms with Gasteiger partial charge in [0.2, 0.25) is 5.95 Å². The minimum atomic E-state index is -2.64.